The van der Waals surface area contributed by atoms with Crippen LogP contribution < -0.4 is 14.9 Å². The highest BCUT2D eigenvalue weighted by Gasteiger charge is 2.27. The Hall–Kier alpha value is -4.12. The normalized spacial score (nSPS) is 15.0. The number of carbonyl (C=O) groups excluding carboxylic acids is 1. The molecule has 4 rings (SSSR count). The molecule has 0 saturated heterocycles. The Morgan fingerprint density at radius 1 is 1.23 bits per heavy atom. The first-order chi connectivity index (χ1) is 14.7. The number of benzene rings is 2. The van der Waals surface area contributed by atoms with E-state index in [-0.39, 0.29) is 6.61 Å². The van der Waals surface area contributed by atoms with Gasteiger partial charge in [0, 0.05) is 17.3 Å². The summed E-state index contributed by atoms with van der Waals surface area (Å²) < 4.78 is 12.9. The lowest BCUT2D eigenvalue weighted by Crippen LogP contribution is -2.42. The van der Waals surface area contributed by atoms with Crippen molar-refractivity contribution >= 4 is 12.1 Å². The molecule has 150 valence electrons. The average molecular weight is 401 g/mol. The number of carbonyl (C=O) groups is 1. The molecule has 30 heavy (non-hydrogen) atoms. The molecule has 0 aliphatic carbocycles. The van der Waals surface area contributed by atoms with E-state index in [1.807, 2.05) is 42.5 Å². The van der Waals surface area contributed by atoms with Crippen LogP contribution in [0.1, 0.15) is 12.0 Å². The van der Waals surface area contributed by atoms with Gasteiger partial charge in [-0.05, 0) is 12.1 Å². The molecule has 2 aromatic carbocycles. The summed E-state index contributed by atoms with van der Waals surface area (Å²) in [5.74, 6) is 0.735. The number of aromatic nitrogens is 2. The second kappa shape index (κ2) is 8.92. The lowest BCUT2D eigenvalue weighted by atomic mass is 10.1. The fourth-order valence-corrected chi connectivity index (χ4v) is 3.02. The Labute approximate surface area is 173 Å². The van der Waals surface area contributed by atoms with Crippen molar-refractivity contribution in [1.29, 1.82) is 5.26 Å². The number of para-hydroxylation sites is 2. The Morgan fingerprint density at radius 3 is 2.80 bits per heavy atom. The van der Waals surface area contributed by atoms with Gasteiger partial charge in [-0.3, -0.25) is 9.48 Å². The lowest BCUT2D eigenvalue weighted by molar-refractivity contribution is -0.130. The van der Waals surface area contributed by atoms with E-state index < -0.39 is 12.0 Å². The maximum absolute atomic E-state index is 12.4. The van der Waals surface area contributed by atoms with E-state index in [0.29, 0.717) is 24.5 Å². The molecule has 0 radical (unpaired) electrons. The molecule has 1 aliphatic rings. The molecule has 2 heterocycles. The van der Waals surface area contributed by atoms with Crippen LogP contribution in [0.4, 0.5) is 0 Å². The van der Waals surface area contributed by atoms with Gasteiger partial charge in [0.25, 0.3) is 5.91 Å². The minimum atomic E-state index is -0.788. The summed E-state index contributed by atoms with van der Waals surface area (Å²) in [5.41, 5.74) is 4.86. The SMILES string of the molecule is N#CCCn1cc(/C=N\NC(=O)[C@H]2COc3ccccc3O2)c(-c2ccccc2)n1. The van der Waals surface area contributed by atoms with Gasteiger partial charge in [-0.15, -0.1) is 0 Å². The van der Waals surface area contributed by atoms with Crippen LogP contribution in [0.15, 0.2) is 65.9 Å². The van der Waals surface area contributed by atoms with Crippen molar-refractivity contribution in [3.63, 3.8) is 0 Å². The summed E-state index contributed by atoms with van der Waals surface area (Å²) in [6, 6.07) is 19.0. The fourth-order valence-electron chi connectivity index (χ4n) is 3.02. The van der Waals surface area contributed by atoms with Crippen molar-refractivity contribution in [2.24, 2.45) is 5.10 Å². The summed E-state index contributed by atoms with van der Waals surface area (Å²) in [6.07, 6.45) is 2.90. The maximum atomic E-state index is 12.4. The topological polar surface area (TPSA) is 102 Å². The van der Waals surface area contributed by atoms with Crippen LogP contribution in [-0.2, 0) is 11.3 Å². The average Bonchev–Trinajstić information content (AvgIpc) is 3.20. The highest BCUT2D eigenvalue weighted by Crippen LogP contribution is 2.30. The van der Waals surface area contributed by atoms with Gasteiger partial charge in [-0.2, -0.15) is 15.5 Å². The smallest absolute Gasteiger partial charge is 0.284 e. The number of rotatable bonds is 6. The molecule has 0 spiro atoms. The molecule has 1 N–H and O–H groups in total. The van der Waals surface area contributed by atoms with Gasteiger partial charge >= 0.3 is 0 Å². The number of hydrogen-bond acceptors (Lipinski definition) is 6. The summed E-state index contributed by atoms with van der Waals surface area (Å²) >= 11 is 0. The van der Waals surface area contributed by atoms with E-state index in [9.17, 15) is 4.79 Å². The highest BCUT2D eigenvalue weighted by molar-refractivity contribution is 5.90. The predicted molar refractivity (Wildman–Crippen MR) is 110 cm³/mol. The number of aryl methyl sites for hydroxylation is 1. The minimum Gasteiger partial charge on any atom is -0.485 e. The zero-order chi connectivity index (χ0) is 20.8. The van der Waals surface area contributed by atoms with E-state index >= 15 is 0 Å². The Morgan fingerprint density at radius 2 is 2.00 bits per heavy atom. The van der Waals surface area contributed by atoms with E-state index in [1.54, 1.807) is 23.0 Å². The van der Waals surface area contributed by atoms with Crippen LogP contribution in [-0.4, -0.2) is 34.6 Å². The van der Waals surface area contributed by atoms with Crippen molar-refractivity contribution in [2.45, 2.75) is 19.1 Å². The molecular weight excluding hydrogens is 382 g/mol. The number of nitriles is 1. The molecule has 1 aromatic heterocycles. The lowest BCUT2D eigenvalue weighted by Gasteiger charge is -2.24. The molecule has 0 saturated carbocycles. The second-order valence-corrected chi connectivity index (χ2v) is 6.57. The maximum Gasteiger partial charge on any atom is 0.284 e. The fraction of sp³-hybridized carbons (Fsp3) is 0.182. The molecule has 8 nitrogen and oxygen atoms in total. The Balaban J connectivity index is 1.46. The number of nitrogens with one attached hydrogen (secondary N) is 1. The quantitative estimate of drug-likeness (QED) is 0.505. The molecule has 1 aliphatic heterocycles. The number of amides is 1. The van der Waals surface area contributed by atoms with E-state index in [4.69, 9.17) is 14.7 Å². The van der Waals surface area contributed by atoms with Gasteiger partial charge in [0.15, 0.2) is 11.5 Å². The van der Waals surface area contributed by atoms with E-state index in [1.165, 1.54) is 6.21 Å². The predicted octanol–water partition coefficient (Wildman–Crippen LogP) is 2.75. The third-order valence-corrected chi connectivity index (χ3v) is 4.47. The van der Waals surface area contributed by atoms with Crippen LogP contribution in [0.3, 0.4) is 0 Å². The molecular formula is C22H19N5O3. The Kier molecular flexibility index (Phi) is 5.71. The summed E-state index contributed by atoms with van der Waals surface area (Å²) in [5, 5.41) is 17.4. The van der Waals surface area contributed by atoms with Crippen LogP contribution in [0.2, 0.25) is 0 Å². The number of hydrazone groups is 1. The van der Waals surface area contributed by atoms with Crippen molar-refractivity contribution in [2.75, 3.05) is 6.61 Å². The first kappa shape index (κ1) is 19.2. The van der Waals surface area contributed by atoms with Gasteiger partial charge in [0.1, 0.15) is 12.3 Å². The minimum absolute atomic E-state index is 0.111. The zero-order valence-electron chi connectivity index (χ0n) is 16.1. The van der Waals surface area contributed by atoms with Gasteiger partial charge in [-0.1, -0.05) is 42.5 Å². The first-order valence-electron chi connectivity index (χ1n) is 9.46. The molecule has 3 aromatic rings. The standard InChI is InChI=1S/C22H19N5O3/c23-11-6-12-27-14-17(21(26-27)16-7-2-1-3-8-16)13-24-25-22(28)20-15-29-18-9-4-5-10-19(18)30-20/h1-5,7-10,13-14,20H,6,12,15H2,(H,25,28)/b24-13-/t20-/m1/s1. The third kappa shape index (κ3) is 4.31. The monoisotopic (exact) mass is 401 g/mol. The van der Waals surface area contributed by atoms with E-state index in [2.05, 4.69) is 21.7 Å². The van der Waals surface area contributed by atoms with Crippen molar-refractivity contribution < 1.29 is 14.3 Å². The van der Waals surface area contributed by atoms with Gasteiger partial charge in [0.05, 0.1) is 25.2 Å². The summed E-state index contributed by atoms with van der Waals surface area (Å²) in [7, 11) is 0. The summed E-state index contributed by atoms with van der Waals surface area (Å²) in [4.78, 5) is 12.4. The largest absolute Gasteiger partial charge is 0.485 e. The molecule has 8 heteroatoms. The van der Waals surface area contributed by atoms with Crippen molar-refractivity contribution in [3.8, 4) is 28.8 Å². The first-order valence-corrected chi connectivity index (χ1v) is 9.46. The van der Waals surface area contributed by atoms with Crippen LogP contribution in [0.25, 0.3) is 11.3 Å². The van der Waals surface area contributed by atoms with Gasteiger partial charge < -0.3 is 9.47 Å². The van der Waals surface area contributed by atoms with Crippen LogP contribution >= 0.6 is 0 Å². The number of fused-ring (bicyclic) bond motifs is 1. The number of nitrogens with zero attached hydrogens (tertiary/aromatic N) is 4. The second-order valence-electron chi connectivity index (χ2n) is 6.57. The van der Waals surface area contributed by atoms with Gasteiger partial charge in [-0.25, -0.2) is 5.43 Å². The van der Waals surface area contributed by atoms with E-state index in [0.717, 1.165) is 16.8 Å². The molecule has 1 atom stereocenters. The molecule has 0 unspecified atom stereocenters. The zero-order valence-corrected chi connectivity index (χ0v) is 16.1. The molecule has 0 fully saturated rings. The molecule has 0 bridgehead atoms. The van der Waals surface area contributed by atoms with Crippen molar-refractivity contribution in [1.82, 2.24) is 15.2 Å². The van der Waals surface area contributed by atoms with Crippen LogP contribution in [0.5, 0.6) is 11.5 Å². The molecule has 1 amide bonds. The van der Waals surface area contributed by atoms with Gasteiger partial charge in [0.2, 0.25) is 6.10 Å². The number of ether oxygens (including phenoxy) is 2. The third-order valence-electron chi connectivity index (χ3n) is 4.47. The summed E-state index contributed by atoms with van der Waals surface area (Å²) in [6.45, 7) is 0.586. The van der Waals surface area contributed by atoms with Crippen molar-refractivity contribution in [3.05, 3.63) is 66.4 Å². The number of hydrogen-bond donors (Lipinski definition) is 1. The Bertz CT molecular complexity index is 1100. The van der Waals surface area contributed by atoms with Crippen LogP contribution in [0, 0.1) is 11.3 Å². The highest BCUT2D eigenvalue weighted by atomic mass is 16.6.